The summed E-state index contributed by atoms with van der Waals surface area (Å²) in [6.45, 7) is 8.20. The van der Waals surface area contributed by atoms with Crippen LogP contribution in [0.5, 0.6) is 0 Å². The Balaban J connectivity index is 0.000000164. The molecule has 0 spiro atoms. The Morgan fingerprint density at radius 2 is 1.76 bits per heavy atom. The van der Waals surface area contributed by atoms with Crippen LogP contribution in [0.2, 0.25) is 0 Å². The Kier molecular flexibility index (Phi) is 7.45. The zero-order valence-electron chi connectivity index (χ0n) is 15.6. The molecule has 0 bridgehead atoms. The quantitative estimate of drug-likeness (QED) is 0.590. The minimum atomic E-state index is 0.484. The standard InChI is InChI=1S/C10H13NS.C10H9N.C2H6/c1-8(2)7-11-9-5-3-4-6-10(9)12;1-2-4-9-7(3-1)5-8-6-10(8)11-9;1-2/h3-8,12H,1-2H3;1-5,8,10H,6H2;1-2H3. The third-order valence-corrected chi connectivity index (χ3v) is 4.21. The largest absolute Gasteiger partial charge is 0.281 e. The topological polar surface area (TPSA) is 24.7 Å². The van der Waals surface area contributed by atoms with E-state index in [1.54, 1.807) is 0 Å². The molecule has 132 valence electrons. The molecule has 1 heterocycles. The first-order chi connectivity index (χ1) is 12.1. The summed E-state index contributed by atoms with van der Waals surface area (Å²) in [4.78, 5) is 9.82. The van der Waals surface area contributed by atoms with E-state index in [1.165, 1.54) is 17.0 Å². The fourth-order valence-corrected chi connectivity index (χ4v) is 2.70. The molecular formula is C22H28N2S. The average molecular weight is 353 g/mol. The first-order valence-corrected chi connectivity index (χ1v) is 9.55. The van der Waals surface area contributed by atoms with E-state index in [0.717, 1.165) is 16.5 Å². The Morgan fingerprint density at radius 3 is 2.48 bits per heavy atom. The molecule has 1 fully saturated rings. The number of benzene rings is 2. The van der Waals surface area contributed by atoms with E-state index in [1.807, 2.05) is 44.3 Å². The number of nitrogens with zero attached hydrogens (tertiary/aromatic N) is 2. The number of hydrogen-bond donors (Lipinski definition) is 1. The van der Waals surface area contributed by atoms with Gasteiger partial charge in [0.25, 0.3) is 0 Å². The van der Waals surface area contributed by atoms with Crippen molar-refractivity contribution in [1.82, 2.24) is 0 Å². The summed E-state index contributed by atoms with van der Waals surface area (Å²) in [6.07, 6.45) is 5.55. The number of rotatable bonds is 2. The molecule has 3 heteroatoms. The Bertz CT molecular complexity index is 785. The summed E-state index contributed by atoms with van der Waals surface area (Å²) >= 11 is 4.29. The van der Waals surface area contributed by atoms with Crippen LogP contribution in [0.4, 0.5) is 5.69 Å². The van der Waals surface area contributed by atoms with Gasteiger partial charge in [-0.05, 0) is 35.8 Å². The molecule has 0 radical (unpaired) electrons. The van der Waals surface area contributed by atoms with Crippen molar-refractivity contribution in [3.63, 3.8) is 0 Å². The van der Waals surface area contributed by atoms with Crippen LogP contribution in [0.15, 0.2) is 63.4 Å². The van der Waals surface area contributed by atoms with Crippen LogP contribution in [0.1, 0.15) is 34.1 Å². The number of para-hydroxylation sites is 2. The maximum Gasteiger partial charge on any atom is 0.0758 e. The van der Waals surface area contributed by atoms with Gasteiger partial charge in [0, 0.05) is 17.0 Å². The molecule has 1 aliphatic heterocycles. The van der Waals surface area contributed by atoms with E-state index in [0.29, 0.717) is 12.0 Å². The molecule has 0 amide bonds. The fraction of sp³-hybridized carbons (Fsp3) is 0.364. The molecule has 1 saturated carbocycles. The highest BCUT2D eigenvalue weighted by molar-refractivity contribution is 7.80. The summed E-state index contributed by atoms with van der Waals surface area (Å²) in [5.74, 6) is 1.25. The van der Waals surface area contributed by atoms with E-state index in [9.17, 15) is 0 Å². The SMILES string of the molecule is C1=c2ccccc2=NC2CC12.CC.CC(C)C=Nc1ccccc1S. The third-order valence-electron chi connectivity index (χ3n) is 3.83. The van der Waals surface area contributed by atoms with Gasteiger partial charge in [-0.15, -0.1) is 12.6 Å². The van der Waals surface area contributed by atoms with Crippen LogP contribution in [0.25, 0.3) is 6.08 Å². The molecule has 0 aromatic heterocycles. The molecule has 2 unspecified atom stereocenters. The van der Waals surface area contributed by atoms with Gasteiger partial charge in [-0.25, -0.2) is 0 Å². The second kappa shape index (κ2) is 9.57. The van der Waals surface area contributed by atoms with Crippen molar-refractivity contribution in [1.29, 1.82) is 0 Å². The summed E-state index contributed by atoms with van der Waals surface area (Å²) in [5.41, 5.74) is 0.939. The maximum atomic E-state index is 4.59. The second-order valence-corrected chi connectivity index (χ2v) is 6.81. The van der Waals surface area contributed by atoms with Crippen LogP contribution in [0, 0.1) is 11.8 Å². The molecule has 2 aromatic rings. The molecule has 2 atom stereocenters. The highest BCUT2D eigenvalue weighted by Gasteiger charge is 2.35. The van der Waals surface area contributed by atoms with Gasteiger partial charge in [-0.2, -0.15) is 0 Å². The van der Waals surface area contributed by atoms with Crippen molar-refractivity contribution >= 4 is 30.6 Å². The van der Waals surface area contributed by atoms with Gasteiger partial charge in [0.2, 0.25) is 0 Å². The van der Waals surface area contributed by atoms with E-state index in [4.69, 9.17) is 0 Å². The molecule has 2 aliphatic rings. The van der Waals surface area contributed by atoms with Gasteiger partial charge >= 0.3 is 0 Å². The van der Waals surface area contributed by atoms with Crippen molar-refractivity contribution in [2.45, 2.75) is 45.1 Å². The zero-order chi connectivity index (χ0) is 18.2. The first kappa shape index (κ1) is 19.5. The molecule has 1 aliphatic carbocycles. The van der Waals surface area contributed by atoms with Crippen molar-refractivity contribution in [3.05, 3.63) is 59.1 Å². The van der Waals surface area contributed by atoms with Crippen molar-refractivity contribution < 1.29 is 0 Å². The lowest BCUT2D eigenvalue weighted by molar-refractivity contribution is 0.907. The van der Waals surface area contributed by atoms with E-state index < -0.39 is 0 Å². The molecule has 2 nitrogen and oxygen atoms in total. The molecule has 0 N–H and O–H groups in total. The molecule has 2 aromatic carbocycles. The Labute approximate surface area is 156 Å². The number of thiol groups is 1. The highest BCUT2D eigenvalue weighted by Crippen LogP contribution is 2.35. The highest BCUT2D eigenvalue weighted by atomic mass is 32.1. The average Bonchev–Trinajstić information content (AvgIpc) is 3.39. The molecular weight excluding hydrogens is 324 g/mol. The maximum absolute atomic E-state index is 4.59. The molecule has 0 saturated heterocycles. The molecule has 4 rings (SSSR count). The number of aliphatic imine (C=N–C) groups is 1. The normalized spacial score (nSPS) is 19.3. The van der Waals surface area contributed by atoms with Crippen LogP contribution >= 0.6 is 12.6 Å². The van der Waals surface area contributed by atoms with E-state index >= 15 is 0 Å². The first-order valence-electron chi connectivity index (χ1n) is 9.10. The third kappa shape index (κ3) is 5.86. The number of hydrogen-bond acceptors (Lipinski definition) is 3. The molecule has 25 heavy (non-hydrogen) atoms. The van der Waals surface area contributed by atoms with Crippen molar-refractivity contribution in [2.24, 2.45) is 21.8 Å². The lowest BCUT2D eigenvalue weighted by atomic mass is 10.2. The van der Waals surface area contributed by atoms with Crippen LogP contribution < -0.4 is 10.6 Å². The number of fused-ring (bicyclic) bond motifs is 2. The lowest BCUT2D eigenvalue weighted by Gasteiger charge is -1.98. The van der Waals surface area contributed by atoms with Crippen molar-refractivity contribution in [3.8, 4) is 0 Å². The van der Waals surface area contributed by atoms with E-state index in [2.05, 4.69) is 66.8 Å². The Morgan fingerprint density at radius 1 is 1.08 bits per heavy atom. The van der Waals surface area contributed by atoms with Gasteiger partial charge < -0.3 is 0 Å². The second-order valence-electron chi connectivity index (χ2n) is 6.33. The lowest BCUT2D eigenvalue weighted by Crippen LogP contribution is -2.27. The van der Waals surface area contributed by atoms with Crippen LogP contribution in [-0.2, 0) is 0 Å². The zero-order valence-corrected chi connectivity index (χ0v) is 16.4. The van der Waals surface area contributed by atoms with Gasteiger partial charge in [0.15, 0.2) is 0 Å². The van der Waals surface area contributed by atoms with Crippen molar-refractivity contribution in [2.75, 3.05) is 0 Å². The summed E-state index contributed by atoms with van der Waals surface area (Å²) in [7, 11) is 0. The van der Waals surface area contributed by atoms with Gasteiger partial charge in [-0.3, -0.25) is 9.98 Å². The predicted molar refractivity (Wildman–Crippen MR) is 112 cm³/mol. The van der Waals surface area contributed by atoms with Gasteiger partial charge in [0.05, 0.1) is 17.1 Å². The van der Waals surface area contributed by atoms with Crippen LogP contribution in [-0.4, -0.2) is 12.3 Å². The summed E-state index contributed by atoms with van der Waals surface area (Å²) < 4.78 is 0. The van der Waals surface area contributed by atoms with Crippen LogP contribution in [0.3, 0.4) is 0 Å². The van der Waals surface area contributed by atoms with Gasteiger partial charge in [0.1, 0.15) is 0 Å². The van der Waals surface area contributed by atoms with Gasteiger partial charge in [-0.1, -0.05) is 64.1 Å². The fourth-order valence-electron chi connectivity index (χ4n) is 2.49. The summed E-state index contributed by atoms with van der Waals surface area (Å²) in [5, 5.41) is 2.51. The monoisotopic (exact) mass is 352 g/mol. The minimum Gasteiger partial charge on any atom is -0.281 e. The summed E-state index contributed by atoms with van der Waals surface area (Å²) in [6, 6.07) is 16.8. The van der Waals surface area contributed by atoms with E-state index in [-0.39, 0.29) is 0 Å². The smallest absolute Gasteiger partial charge is 0.0758 e. The Hall–Kier alpha value is -1.87. The predicted octanol–water partition coefficient (Wildman–Crippen LogP) is 4.85. The minimum absolute atomic E-state index is 0.484.